The summed E-state index contributed by atoms with van der Waals surface area (Å²) in [5.74, 6) is 1.19. The van der Waals surface area contributed by atoms with Crippen LogP contribution in [-0.4, -0.2) is 58.3 Å². The summed E-state index contributed by atoms with van der Waals surface area (Å²) in [5, 5.41) is 23.6. The highest BCUT2D eigenvalue weighted by Crippen LogP contribution is 2.33. The standard InChI is InChI=1S/C25H29N5O4/c1-29(2)15-21-23(33-16-19-5-3-4-18(14-26)27-19)9-7-20-22(28-34-24(20)21)8-6-17-10-12-30(13-11-17)25(31)32/h3-5,7,9,17H,6,8,10-13,15-16H2,1-2H3,(H,31,32). The summed E-state index contributed by atoms with van der Waals surface area (Å²) >= 11 is 0. The molecule has 1 aromatic carbocycles. The largest absolute Gasteiger partial charge is 0.487 e. The van der Waals surface area contributed by atoms with Crippen LogP contribution >= 0.6 is 0 Å². The fraction of sp³-hybridized carbons (Fsp3) is 0.440. The van der Waals surface area contributed by atoms with Crippen molar-refractivity contribution in [1.82, 2.24) is 19.9 Å². The molecule has 0 aliphatic carbocycles. The number of fused-ring (bicyclic) bond motifs is 1. The van der Waals surface area contributed by atoms with Gasteiger partial charge in [-0.3, -0.25) is 0 Å². The molecule has 1 fully saturated rings. The van der Waals surface area contributed by atoms with Gasteiger partial charge in [0.1, 0.15) is 24.1 Å². The van der Waals surface area contributed by atoms with Gasteiger partial charge in [-0.1, -0.05) is 11.2 Å². The normalized spacial score (nSPS) is 14.5. The van der Waals surface area contributed by atoms with Crippen molar-refractivity contribution in [2.24, 2.45) is 5.92 Å². The van der Waals surface area contributed by atoms with Gasteiger partial charge < -0.3 is 24.2 Å². The molecule has 4 rings (SSSR count). The first-order valence-electron chi connectivity index (χ1n) is 11.5. The van der Waals surface area contributed by atoms with Crippen molar-refractivity contribution in [2.45, 2.75) is 38.8 Å². The van der Waals surface area contributed by atoms with Gasteiger partial charge in [0.25, 0.3) is 0 Å². The van der Waals surface area contributed by atoms with Gasteiger partial charge in [-0.15, -0.1) is 0 Å². The topological polar surface area (TPSA) is 116 Å². The van der Waals surface area contributed by atoms with Crippen LogP contribution in [0.5, 0.6) is 5.75 Å². The Kier molecular flexibility index (Phi) is 7.28. The average molecular weight is 464 g/mol. The lowest BCUT2D eigenvalue weighted by atomic mass is 9.91. The summed E-state index contributed by atoms with van der Waals surface area (Å²) in [7, 11) is 3.97. The Labute approximate surface area is 198 Å². The van der Waals surface area contributed by atoms with Crippen LogP contribution in [0.1, 0.15) is 41.9 Å². The molecular weight excluding hydrogens is 434 g/mol. The van der Waals surface area contributed by atoms with E-state index in [-0.39, 0.29) is 6.61 Å². The smallest absolute Gasteiger partial charge is 0.407 e. The number of carboxylic acid groups (broad SMARTS) is 1. The number of ether oxygens (including phenoxy) is 1. The van der Waals surface area contributed by atoms with Crippen LogP contribution in [0.4, 0.5) is 4.79 Å². The monoisotopic (exact) mass is 463 g/mol. The molecule has 0 atom stereocenters. The average Bonchev–Trinajstić information content (AvgIpc) is 3.25. The molecule has 178 valence electrons. The van der Waals surface area contributed by atoms with E-state index >= 15 is 0 Å². The van der Waals surface area contributed by atoms with Crippen LogP contribution < -0.4 is 4.74 Å². The minimum atomic E-state index is -0.832. The summed E-state index contributed by atoms with van der Waals surface area (Å²) < 4.78 is 11.9. The molecule has 2 aromatic heterocycles. The van der Waals surface area contributed by atoms with Gasteiger partial charge in [-0.05, 0) is 70.0 Å². The molecule has 0 radical (unpaired) electrons. The van der Waals surface area contributed by atoms with Gasteiger partial charge in [-0.25, -0.2) is 9.78 Å². The molecule has 0 unspecified atom stereocenters. The molecule has 1 aliphatic heterocycles. The minimum absolute atomic E-state index is 0.248. The summed E-state index contributed by atoms with van der Waals surface area (Å²) in [6.45, 7) is 2.07. The number of pyridine rings is 1. The van der Waals surface area contributed by atoms with Crippen LogP contribution in [0.25, 0.3) is 11.0 Å². The van der Waals surface area contributed by atoms with E-state index in [1.165, 1.54) is 4.90 Å². The molecular formula is C25H29N5O4. The number of nitriles is 1. The van der Waals surface area contributed by atoms with Crippen LogP contribution in [0.15, 0.2) is 34.9 Å². The maximum atomic E-state index is 11.1. The first kappa shape index (κ1) is 23.5. The van der Waals surface area contributed by atoms with Crippen molar-refractivity contribution in [2.75, 3.05) is 27.2 Å². The Morgan fingerprint density at radius 2 is 2.09 bits per heavy atom. The Morgan fingerprint density at radius 3 is 2.79 bits per heavy atom. The zero-order valence-corrected chi connectivity index (χ0v) is 19.5. The van der Waals surface area contributed by atoms with E-state index in [1.54, 1.807) is 12.1 Å². The molecule has 9 nitrogen and oxygen atoms in total. The second-order valence-electron chi connectivity index (χ2n) is 8.95. The van der Waals surface area contributed by atoms with Crippen molar-refractivity contribution < 1.29 is 19.2 Å². The Hall–Kier alpha value is -3.64. The van der Waals surface area contributed by atoms with Gasteiger partial charge in [-0.2, -0.15) is 5.26 Å². The van der Waals surface area contributed by atoms with Gasteiger partial charge in [0, 0.05) is 25.0 Å². The molecule has 0 saturated carbocycles. The SMILES string of the molecule is CN(C)Cc1c(OCc2cccc(C#N)n2)ccc2c(CCC3CCN(C(=O)O)CC3)noc12. The number of likely N-dealkylation sites (tertiary alicyclic amines) is 1. The minimum Gasteiger partial charge on any atom is -0.487 e. The highest BCUT2D eigenvalue weighted by molar-refractivity contribution is 5.84. The number of benzene rings is 1. The maximum Gasteiger partial charge on any atom is 0.407 e. The third kappa shape index (κ3) is 5.46. The molecule has 0 spiro atoms. The molecule has 1 saturated heterocycles. The van der Waals surface area contributed by atoms with Gasteiger partial charge >= 0.3 is 6.09 Å². The van der Waals surface area contributed by atoms with E-state index in [2.05, 4.69) is 15.0 Å². The van der Waals surface area contributed by atoms with E-state index in [1.807, 2.05) is 38.4 Å². The molecule has 1 N–H and O–H groups in total. The second kappa shape index (κ2) is 10.5. The molecule has 3 aromatic rings. The molecule has 34 heavy (non-hydrogen) atoms. The zero-order valence-electron chi connectivity index (χ0n) is 19.5. The van der Waals surface area contributed by atoms with E-state index in [0.717, 1.165) is 47.9 Å². The van der Waals surface area contributed by atoms with Crippen LogP contribution in [0.2, 0.25) is 0 Å². The number of aryl methyl sites for hydroxylation is 1. The quantitative estimate of drug-likeness (QED) is 0.532. The highest BCUT2D eigenvalue weighted by atomic mass is 16.5. The number of carbonyl (C=O) groups is 1. The fourth-order valence-corrected chi connectivity index (χ4v) is 4.40. The van der Waals surface area contributed by atoms with E-state index in [4.69, 9.17) is 19.6 Å². The summed E-state index contributed by atoms with van der Waals surface area (Å²) in [6, 6.07) is 11.3. The zero-order chi connectivity index (χ0) is 24.1. The summed E-state index contributed by atoms with van der Waals surface area (Å²) in [4.78, 5) is 18.9. The lowest BCUT2D eigenvalue weighted by molar-refractivity contribution is 0.123. The predicted octanol–water partition coefficient (Wildman–Crippen LogP) is 4.06. The number of rotatable bonds is 8. The highest BCUT2D eigenvalue weighted by Gasteiger charge is 2.23. The molecule has 1 aliphatic rings. The number of piperidine rings is 1. The number of hydrogen-bond acceptors (Lipinski definition) is 7. The van der Waals surface area contributed by atoms with Crippen molar-refractivity contribution in [3.05, 3.63) is 53.0 Å². The van der Waals surface area contributed by atoms with Crippen LogP contribution in [0.3, 0.4) is 0 Å². The first-order valence-corrected chi connectivity index (χ1v) is 11.5. The van der Waals surface area contributed by atoms with Crippen molar-refractivity contribution >= 4 is 17.1 Å². The number of aromatic nitrogens is 2. The number of hydrogen-bond donors (Lipinski definition) is 1. The van der Waals surface area contributed by atoms with Gasteiger partial charge in [0.2, 0.25) is 0 Å². The first-order chi connectivity index (χ1) is 16.4. The van der Waals surface area contributed by atoms with Gasteiger partial charge in [0.15, 0.2) is 5.58 Å². The van der Waals surface area contributed by atoms with Crippen LogP contribution in [-0.2, 0) is 19.6 Å². The fourth-order valence-electron chi connectivity index (χ4n) is 4.40. The Balaban J connectivity index is 1.48. The number of amides is 1. The van der Waals surface area contributed by atoms with Crippen molar-refractivity contribution in [1.29, 1.82) is 5.26 Å². The molecule has 3 heterocycles. The molecule has 0 bridgehead atoms. The summed E-state index contributed by atoms with van der Waals surface area (Å²) in [6.07, 6.45) is 2.68. The lowest BCUT2D eigenvalue weighted by Gasteiger charge is -2.29. The third-order valence-electron chi connectivity index (χ3n) is 6.22. The Bertz CT molecular complexity index is 1190. The summed E-state index contributed by atoms with van der Waals surface area (Å²) in [5.41, 5.74) is 3.61. The molecule has 9 heteroatoms. The van der Waals surface area contributed by atoms with Gasteiger partial charge in [0.05, 0.1) is 17.0 Å². The molecule has 1 amide bonds. The maximum absolute atomic E-state index is 11.1. The van der Waals surface area contributed by atoms with Crippen LogP contribution in [0, 0.1) is 17.2 Å². The van der Waals surface area contributed by atoms with E-state index in [9.17, 15) is 4.79 Å². The second-order valence-corrected chi connectivity index (χ2v) is 8.95. The third-order valence-corrected chi connectivity index (χ3v) is 6.22. The van der Waals surface area contributed by atoms with Crippen molar-refractivity contribution in [3.63, 3.8) is 0 Å². The Morgan fingerprint density at radius 1 is 1.29 bits per heavy atom. The lowest BCUT2D eigenvalue weighted by Crippen LogP contribution is -2.37. The van der Waals surface area contributed by atoms with Crippen molar-refractivity contribution in [3.8, 4) is 11.8 Å². The predicted molar refractivity (Wildman–Crippen MR) is 125 cm³/mol. The van der Waals surface area contributed by atoms with E-state index < -0.39 is 6.09 Å². The number of nitrogens with zero attached hydrogens (tertiary/aromatic N) is 5. The van der Waals surface area contributed by atoms with E-state index in [0.29, 0.717) is 42.7 Å².